The quantitative estimate of drug-likeness (QED) is 0.838. The lowest BCUT2D eigenvalue weighted by Gasteiger charge is -2.21. The van der Waals surface area contributed by atoms with Crippen molar-refractivity contribution in [2.24, 2.45) is 5.92 Å². The summed E-state index contributed by atoms with van der Waals surface area (Å²) in [7, 11) is 1.36. The molecule has 6 nitrogen and oxygen atoms in total. The van der Waals surface area contributed by atoms with Gasteiger partial charge in [-0.05, 0) is 30.3 Å². The summed E-state index contributed by atoms with van der Waals surface area (Å²) >= 11 is 0.738. The Morgan fingerprint density at radius 2 is 2.09 bits per heavy atom. The first-order chi connectivity index (χ1) is 10.6. The number of anilines is 1. The fourth-order valence-corrected chi connectivity index (χ4v) is 3.15. The van der Waals surface area contributed by atoms with Crippen molar-refractivity contribution in [3.63, 3.8) is 0 Å². The zero-order valence-electron chi connectivity index (χ0n) is 12.5. The van der Waals surface area contributed by atoms with Gasteiger partial charge in [0.2, 0.25) is 0 Å². The monoisotopic (exact) mass is 329 g/mol. The molecule has 0 spiro atoms. The molecule has 22 heavy (non-hydrogen) atoms. The van der Waals surface area contributed by atoms with Crippen molar-refractivity contribution in [2.45, 2.75) is 32.1 Å². The van der Waals surface area contributed by atoms with E-state index in [2.05, 4.69) is 19.7 Å². The van der Waals surface area contributed by atoms with E-state index in [0.717, 1.165) is 24.4 Å². The second kappa shape index (κ2) is 8.19. The van der Waals surface area contributed by atoms with Crippen LogP contribution in [0, 0.1) is 11.7 Å². The lowest BCUT2D eigenvalue weighted by molar-refractivity contribution is -0.119. The topological polar surface area (TPSA) is 80.3 Å². The maximum Gasteiger partial charge on any atom is 0.266 e. The number of rotatable bonds is 6. The SMILES string of the molecule is COCC(=O)Nc1nsc(C(=O)NCC2CCCCC2)c1F. The van der Waals surface area contributed by atoms with Crippen LogP contribution in [0.4, 0.5) is 10.2 Å². The van der Waals surface area contributed by atoms with E-state index in [9.17, 15) is 14.0 Å². The Hall–Kier alpha value is -1.54. The molecule has 122 valence electrons. The minimum absolute atomic E-state index is 0.108. The number of aromatic nitrogens is 1. The number of amides is 2. The molecule has 0 atom stereocenters. The van der Waals surface area contributed by atoms with E-state index in [1.165, 1.54) is 26.4 Å². The summed E-state index contributed by atoms with van der Waals surface area (Å²) in [4.78, 5) is 23.2. The van der Waals surface area contributed by atoms with Crippen LogP contribution < -0.4 is 10.6 Å². The Balaban J connectivity index is 1.89. The number of nitrogens with one attached hydrogen (secondary N) is 2. The van der Waals surface area contributed by atoms with Crippen LogP contribution in [0.15, 0.2) is 0 Å². The minimum atomic E-state index is -0.796. The Morgan fingerprint density at radius 3 is 2.77 bits per heavy atom. The number of halogens is 1. The summed E-state index contributed by atoms with van der Waals surface area (Å²) in [6.45, 7) is 0.363. The third kappa shape index (κ3) is 4.48. The van der Waals surface area contributed by atoms with Crippen LogP contribution in [0.25, 0.3) is 0 Å². The van der Waals surface area contributed by atoms with Gasteiger partial charge in [-0.15, -0.1) is 0 Å². The van der Waals surface area contributed by atoms with Crippen molar-refractivity contribution in [1.29, 1.82) is 0 Å². The molecule has 1 aromatic rings. The Bertz CT molecular complexity index is 529. The van der Waals surface area contributed by atoms with Crippen molar-refractivity contribution in [3.8, 4) is 0 Å². The van der Waals surface area contributed by atoms with Gasteiger partial charge in [-0.2, -0.15) is 4.37 Å². The number of carbonyl (C=O) groups is 2. The molecular formula is C14H20FN3O3S. The predicted octanol–water partition coefficient (Wildman–Crippen LogP) is 2.18. The van der Waals surface area contributed by atoms with Crippen molar-refractivity contribution in [3.05, 3.63) is 10.7 Å². The number of nitrogens with zero attached hydrogens (tertiary/aromatic N) is 1. The largest absolute Gasteiger partial charge is 0.375 e. The lowest BCUT2D eigenvalue weighted by Crippen LogP contribution is -2.30. The van der Waals surface area contributed by atoms with Gasteiger partial charge in [0.05, 0.1) is 0 Å². The fourth-order valence-electron chi connectivity index (χ4n) is 2.51. The van der Waals surface area contributed by atoms with Crippen LogP contribution >= 0.6 is 11.5 Å². The fraction of sp³-hybridized carbons (Fsp3) is 0.643. The molecule has 0 unspecified atom stereocenters. The molecule has 1 saturated carbocycles. The second-order valence-electron chi connectivity index (χ2n) is 5.37. The normalized spacial score (nSPS) is 15.5. The van der Waals surface area contributed by atoms with E-state index in [-0.39, 0.29) is 17.3 Å². The zero-order chi connectivity index (χ0) is 15.9. The van der Waals surface area contributed by atoms with E-state index in [1.807, 2.05) is 0 Å². The average molecular weight is 329 g/mol. The van der Waals surface area contributed by atoms with Crippen LogP contribution in [-0.2, 0) is 9.53 Å². The van der Waals surface area contributed by atoms with Crippen molar-refractivity contribution >= 4 is 29.2 Å². The molecule has 0 saturated heterocycles. The highest BCUT2D eigenvalue weighted by Crippen LogP contribution is 2.24. The van der Waals surface area contributed by atoms with E-state index in [0.29, 0.717) is 12.5 Å². The van der Waals surface area contributed by atoms with E-state index >= 15 is 0 Å². The molecule has 2 rings (SSSR count). The maximum atomic E-state index is 14.1. The standard InChI is InChI=1S/C14H20FN3O3S/c1-21-8-10(19)17-13-11(15)12(22-18-13)14(20)16-7-9-5-3-2-4-6-9/h9H,2-8H2,1H3,(H,16,20)(H,17,18,19). The van der Waals surface area contributed by atoms with Crippen LogP contribution in [0.3, 0.4) is 0 Å². The molecule has 0 aliphatic heterocycles. The zero-order valence-corrected chi connectivity index (χ0v) is 13.3. The number of carbonyl (C=O) groups excluding carboxylic acids is 2. The summed E-state index contributed by atoms with van der Waals surface area (Å²) in [5.41, 5.74) is 0. The molecule has 1 aromatic heterocycles. The Kier molecular flexibility index (Phi) is 6.26. The van der Waals surface area contributed by atoms with Crippen molar-refractivity contribution in [1.82, 2.24) is 9.69 Å². The average Bonchev–Trinajstić information content (AvgIpc) is 2.87. The lowest BCUT2D eigenvalue weighted by atomic mass is 9.89. The summed E-state index contributed by atoms with van der Waals surface area (Å²) in [5, 5.41) is 5.03. The summed E-state index contributed by atoms with van der Waals surface area (Å²) in [5.74, 6) is -1.55. The molecule has 8 heteroatoms. The van der Waals surface area contributed by atoms with Gasteiger partial charge >= 0.3 is 0 Å². The smallest absolute Gasteiger partial charge is 0.266 e. The Labute approximate surface area is 132 Å². The molecule has 0 aromatic carbocycles. The van der Waals surface area contributed by atoms with Crippen LogP contribution in [0.5, 0.6) is 0 Å². The first kappa shape index (κ1) is 16.8. The van der Waals surface area contributed by atoms with Crippen LogP contribution in [0.1, 0.15) is 41.8 Å². The molecule has 2 N–H and O–H groups in total. The highest BCUT2D eigenvalue weighted by Gasteiger charge is 2.22. The number of hydrogen-bond donors (Lipinski definition) is 2. The number of hydrogen-bond acceptors (Lipinski definition) is 5. The van der Waals surface area contributed by atoms with Gasteiger partial charge in [0.25, 0.3) is 11.8 Å². The molecular weight excluding hydrogens is 309 g/mol. The summed E-state index contributed by atoms with van der Waals surface area (Å²) < 4.78 is 22.5. The Morgan fingerprint density at radius 1 is 1.36 bits per heavy atom. The van der Waals surface area contributed by atoms with Gasteiger partial charge in [-0.25, -0.2) is 4.39 Å². The highest BCUT2D eigenvalue weighted by molar-refractivity contribution is 7.08. The van der Waals surface area contributed by atoms with Crippen molar-refractivity contribution < 1.29 is 18.7 Å². The summed E-state index contributed by atoms with van der Waals surface area (Å²) in [6.07, 6.45) is 5.82. The molecule has 1 aliphatic rings. The molecule has 1 heterocycles. The predicted molar refractivity (Wildman–Crippen MR) is 81.5 cm³/mol. The first-order valence-electron chi connectivity index (χ1n) is 7.34. The molecule has 1 fully saturated rings. The first-order valence-corrected chi connectivity index (χ1v) is 8.11. The van der Waals surface area contributed by atoms with E-state index in [1.54, 1.807) is 0 Å². The minimum Gasteiger partial charge on any atom is -0.375 e. The summed E-state index contributed by atoms with van der Waals surface area (Å²) in [6, 6.07) is 0. The van der Waals surface area contributed by atoms with E-state index in [4.69, 9.17) is 0 Å². The van der Waals surface area contributed by atoms with Gasteiger partial charge in [-0.1, -0.05) is 19.3 Å². The third-order valence-electron chi connectivity index (χ3n) is 3.65. The molecule has 0 bridgehead atoms. The van der Waals surface area contributed by atoms with Gasteiger partial charge < -0.3 is 15.4 Å². The van der Waals surface area contributed by atoms with Gasteiger partial charge in [0, 0.05) is 13.7 Å². The van der Waals surface area contributed by atoms with Crippen LogP contribution in [-0.4, -0.2) is 36.4 Å². The molecule has 0 radical (unpaired) electrons. The van der Waals surface area contributed by atoms with Crippen LogP contribution in [0.2, 0.25) is 0 Å². The van der Waals surface area contributed by atoms with Gasteiger partial charge in [0.1, 0.15) is 6.61 Å². The maximum absolute atomic E-state index is 14.1. The van der Waals surface area contributed by atoms with E-state index < -0.39 is 17.6 Å². The number of methoxy groups -OCH3 is 1. The third-order valence-corrected chi connectivity index (χ3v) is 4.47. The van der Waals surface area contributed by atoms with Gasteiger partial charge in [-0.3, -0.25) is 9.59 Å². The number of ether oxygens (including phenoxy) is 1. The molecule has 1 aliphatic carbocycles. The molecule has 2 amide bonds. The second-order valence-corrected chi connectivity index (χ2v) is 6.14. The van der Waals surface area contributed by atoms with Gasteiger partial charge in [0.15, 0.2) is 16.5 Å². The van der Waals surface area contributed by atoms with Crippen molar-refractivity contribution in [2.75, 3.05) is 25.6 Å². The highest BCUT2D eigenvalue weighted by atomic mass is 32.1.